The zero-order valence-corrected chi connectivity index (χ0v) is 8.68. The molecule has 1 aliphatic carbocycles. The van der Waals surface area contributed by atoms with Crippen molar-refractivity contribution >= 4 is 27.2 Å². The molecule has 0 aromatic carbocycles. The SMILES string of the molecule is c1cc2sccc2c(NCC2CC2)n1. The Morgan fingerprint density at radius 1 is 1.43 bits per heavy atom. The lowest BCUT2D eigenvalue weighted by Crippen LogP contribution is -2.04. The molecule has 1 fully saturated rings. The number of hydrogen-bond acceptors (Lipinski definition) is 3. The molecule has 2 nitrogen and oxygen atoms in total. The lowest BCUT2D eigenvalue weighted by molar-refractivity contribution is 0.885. The van der Waals surface area contributed by atoms with E-state index in [0.717, 1.165) is 18.3 Å². The molecule has 0 spiro atoms. The van der Waals surface area contributed by atoms with Crippen molar-refractivity contribution in [1.29, 1.82) is 0 Å². The molecule has 1 saturated carbocycles. The molecular weight excluding hydrogens is 192 g/mol. The molecule has 2 aromatic rings. The van der Waals surface area contributed by atoms with Gasteiger partial charge in [-0.3, -0.25) is 0 Å². The van der Waals surface area contributed by atoms with Gasteiger partial charge in [0.1, 0.15) is 5.82 Å². The highest BCUT2D eigenvalue weighted by molar-refractivity contribution is 7.17. The summed E-state index contributed by atoms with van der Waals surface area (Å²) >= 11 is 1.77. The molecular formula is C11H12N2S. The third kappa shape index (κ3) is 1.48. The number of nitrogens with one attached hydrogen (secondary N) is 1. The van der Waals surface area contributed by atoms with Crippen LogP contribution in [0.3, 0.4) is 0 Å². The monoisotopic (exact) mass is 204 g/mol. The Hall–Kier alpha value is -1.09. The summed E-state index contributed by atoms with van der Waals surface area (Å²) in [5, 5.41) is 6.81. The van der Waals surface area contributed by atoms with Crippen molar-refractivity contribution in [3.8, 4) is 0 Å². The molecule has 0 amide bonds. The Bertz CT molecular complexity index is 445. The first-order chi connectivity index (χ1) is 6.93. The Morgan fingerprint density at radius 3 is 3.21 bits per heavy atom. The van der Waals surface area contributed by atoms with Gasteiger partial charge < -0.3 is 5.32 Å². The average Bonchev–Trinajstić information content (AvgIpc) is 2.91. The van der Waals surface area contributed by atoms with Crippen LogP contribution in [0.5, 0.6) is 0 Å². The van der Waals surface area contributed by atoms with Crippen LogP contribution in [0, 0.1) is 5.92 Å². The third-order valence-electron chi connectivity index (χ3n) is 2.63. The minimum Gasteiger partial charge on any atom is -0.369 e. The first-order valence-corrected chi connectivity index (χ1v) is 5.87. The Kier molecular flexibility index (Phi) is 1.91. The van der Waals surface area contributed by atoms with Crippen molar-refractivity contribution in [2.75, 3.05) is 11.9 Å². The molecule has 0 saturated heterocycles. The number of anilines is 1. The van der Waals surface area contributed by atoms with E-state index < -0.39 is 0 Å². The standard InChI is InChI=1S/C11H12N2S/c1-2-8(1)7-13-11-9-4-6-14-10(9)3-5-12-11/h3-6,8H,1-2,7H2,(H,12,13). The number of pyridine rings is 1. The molecule has 2 aromatic heterocycles. The first kappa shape index (κ1) is 8.24. The van der Waals surface area contributed by atoms with Gasteiger partial charge in [0, 0.05) is 22.8 Å². The van der Waals surface area contributed by atoms with Gasteiger partial charge in [0.2, 0.25) is 0 Å². The van der Waals surface area contributed by atoms with Crippen molar-refractivity contribution < 1.29 is 0 Å². The zero-order valence-electron chi connectivity index (χ0n) is 7.86. The number of thiophene rings is 1. The van der Waals surface area contributed by atoms with E-state index in [0.29, 0.717) is 0 Å². The van der Waals surface area contributed by atoms with Crippen LogP contribution in [-0.4, -0.2) is 11.5 Å². The number of hydrogen-bond donors (Lipinski definition) is 1. The highest BCUT2D eigenvalue weighted by atomic mass is 32.1. The van der Waals surface area contributed by atoms with E-state index in [2.05, 4.69) is 27.8 Å². The molecule has 3 heteroatoms. The maximum atomic E-state index is 4.37. The minimum absolute atomic E-state index is 0.894. The summed E-state index contributed by atoms with van der Waals surface area (Å²) in [5.74, 6) is 1.95. The molecule has 0 aliphatic heterocycles. The van der Waals surface area contributed by atoms with E-state index >= 15 is 0 Å². The number of nitrogens with zero attached hydrogens (tertiary/aromatic N) is 1. The molecule has 2 heterocycles. The van der Waals surface area contributed by atoms with Gasteiger partial charge in [0.25, 0.3) is 0 Å². The minimum atomic E-state index is 0.894. The molecule has 1 N–H and O–H groups in total. The Balaban J connectivity index is 1.89. The van der Waals surface area contributed by atoms with Gasteiger partial charge in [0.05, 0.1) is 0 Å². The maximum Gasteiger partial charge on any atom is 0.134 e. The second-order valence-corrected chi connectivity index (χ2v) is 4.76. The van der Waals surface area contributed by atoms with Gasteiger partial charge in [-0.25, -0.2) is 4.98 Å². The van der Waals surface area contributed by atoms with Crippen LogP contribution < -0.4 is 5.32 Å². The average molecular weight is 204 g/mol. The van der Waals surface area contributed by atoms with E-state index in [1.165, 1.54) is 22.9 Å². The van der Waals surface area contributed by atoms with E-state index in [1.54, 1.807) is 11.3 Å². The van der Waals surface area contributed by atoms with Crippen LogP contribution in [0.4, 0.5) is 5.82 Å². The number of fused-ring (bicyclic) bond motifs is 1. The highest BCUT2D eigenvalue weighted by Gasteiger charge is 2.20. The van der Waals surface area contributed by atoms with Crippen LogP contribution in [-0.2, 0) is 0 Å². The fourth-order valence-electron chi connectivity index (χ4n) is 1.60. The molecule has 0 atom stereocenters. The normalized spacial score (nSPS) is 16.0. The summed E-state index contributed by atoms with van der Waals surface area (Å²) in [7, 11) is 0. The van der Waals surface area contributed by atoms with Gasteiger partial charge >= 0.3 is 0 Å². The largest absolute Gasteiger partial charge is 0.369 e. The van der Waals surface area contributed by atoms with Crippen molar-refractivity contribution in [2.24, 2.45) is 5.92 Å². The molecule has 1 aliphatic rings. The van der Waals surface area contributed by atoms with Crippen molar-refractivity contribution in [2.45, 2.75) is 12.8 Å². The van der Waals surface area contributed by atoms with Crippen LogP contribution >= 0.6 is 11.3 Å². The van der Waals surface area contributed by atoms with E-state index in [4.69, 9.17) is 0 Å². The first-order valence-electron chi connectivity index (χ1n) is 4.99. The predicted molar refractivity (Wildman–Crippen MR) is 60.8 cm³/mol. The number of aromatic nitrogens is 1. The van der Waals surface area contributed by atoms with E-state index in [9.17, 15) is 0 Å². The molecule has 72 valence electrons. The van der Waals surface area contributed by atoms with Gasteiger partial charge in [-0.2, -0.15) is 0 Å². The second-order valence-electron chi connectivity index (χ2n) is 3.82. The van der Waals surface area contributed by atoms with Crippen LogP contribution in [0.1, 0.15) is 12.8 Å². The molecule has 3 rings (SSSR count). The smallest absolute Gasteiger partial charge is 0.134 e. The van der Waals surface area contributed by atoms with Gasteiger partial charge in [-0.15, -0.1) is 11.3 Å². The maximum absolute atomic E-state index is 4.37. The van der Waals surface area contributed by atoms with E-state index in [-0.39, 0.29) is 0 Å². The lowest BCUT2D eigenvalue weighted by atomic mass is 10.3. The molecule has 0 unspecified atom stereocenters. The Labute approximate surface area is 87.0 Å². The topological polar surface area (TPSA) is 24.9 Å². The predicted octanol–water partition coefficient (Wildman–Crippen LogP) is 3.12. The highest BCUT2D eigenvalue weighted by Crippen LogP contribution is 2.30. The summed E-state index contributed by atoms with van der Waals surface area (Å²) in [6.45, 7) is 1.09. The molecule has 0 radical (unpaired) electrons. The summed E-state index contributed by atoms with van der Waals surface area (Å²) in [6.07, 6.45) is 4.65. The van der Waals surface area contributed by atoms with Crippen molar-refractivity contribution in [3.05, 3.63) is 23.7 Å². The Morgan fingerprint density at radius 2 is 2.36 bits per heavy atom. The van der Waals surface area contributed by atoms with Crippen molar-refractivity contribution in [3.63, 3.8) is 0 Å². The van der Waals surface area contributed by atoms with Gasteiger partial charge in [-0.05, 0) is 36.3 Å². The second kappa shape index (κ2) is 3.24. The van der Waals surface area contributed by atoms with Crippen molar-refractivity contribution in [1.82, 2.24) is 4.98 Å². The molecule has 14 heavy (non-hydrogen) atoms. The van der Waals surface area contributed by atoms with Gasteiger partial charge in [-0.1, -0.05) is 0 Å². The summed E-state index contributed by atoms with van der Waals surface area (Å²) in [6, 6.07) is 4.21. The fourth-order valence-corrected chi connectivity index (χ4v) is 2.38. The summed E-state index contributed by atoms with van der Waals surface area (Å²) in [5.41, 5.74) is 0. The van der Waals surface area contributed by atoms with Crippen LogP contribution in [0.2, 0.25) is 0 Å². The van der Waals surface area contributed by atoms with Crippen LogP contribution in [0.25, 0.3) is 10.1 Å². The lowest BCUT2D eigenvalue weighted by Gasteiger charge is -2.04. The zero-order chi connectivity index (χ0) is 9.38. The quantitative estimate of drug-likeness (QED) is 0.831. The van der Waals surface area contributed by atoms with Crippen LogP contribution in [0.15, 0.2) is 23.7 Å². The molecule has 0 bridgehead atoms. The number of rotatable bonds is 3. The van der Waals surface area contributed by atoms with E-state index in [1.807, 2.05) is 6.20 Å². The fraction of sp³-hybridized carbons (Fsp3) is 0.364. The third-order valence-corrected chi connectivity index (χ3v) is 3.52. The van der Waals surface area contributed by atoms with Gasteiger partial charge in [0.15, 0.2) is 0 Å². The summed E-state index contributed by atoms with van der Waals surface area (Å²) < 4.78 is 1.32. The summed E-state index contributed by atoms with van der Waals surface area (Å²) in [4.78, 5) is 4.37.